The van der Waals surface area contributed by atoms with Crippen LogP contribution in [0.25, 0.3) is 0 Å². The van der Waals surface area contributed by atoms with Crippen LogP contribution >= 0.6 is 23.2 Å². The summed E-state index contributed by atoms with van der Waals surface area (Å²) in [6.07, 6.45) is 0.605. The van der Waals surface area contributed by atoms with Gasteiger partial charge in [0.15, 0.2) is 0 Å². The molecule has 158 valence electrons. The van der Waals surface area contributed by atoms with Gasteiger partial charge in [-0.25, -0.2) is 4.79 Å². The molecule has 3 rings (SSSR count). The molecule has 4 amide bonds. The maximum Gasteiger partial charge on any atom is 0.325 e. The van der Waals surface area contributed by atoms with Crippen molar-refractivity contribution >= 4 is 41.0 Å². The maximum atomic E-state index is 12.9. The van der Waals surface area contributed by atoms with Crippen LogP contribution in [0.1, 0.15) is 18.1 Å². The highest BCUT2D eigenvalue weighted by atomic mass is 35.5. The highest BCUT2D eigenvalue weighted by Gasteiger charge is 2.50. The van der Waals surface area contributed by atoms with Gasteiger partial charge in [0, 0.05) is 22.2 Å². The first kappa shape index (κ1) is 21.9. The number of hydrogen-bond acceptors (Lipinski definition) is 4. The van der Waals surface area contributed by atoms with Crippen molar-refractivity contribution in [2.75, 3.05) is 20.2 Å². The van der Waals surface area contributed by atoms with E-state index in [1.165, 1.54) is 6.07 Å². The van der Waals surface area contributed by atoms with Gasteiger partial charge >= 0.3 is 6.03 Å². The van der Waals surface area contributed by atoms with Gasteiger partial charge in [-0.05, 0) is 43.2 Å². The predicted molar refractivity (Wildman–Crippen MR) is 114 cm³/mol. The lowest BCUT2D eigenvalue weighted by atomic mass is 9.92. The van der Waals surface area contributed by atoms with Crippen LogP contribution in [0.5, 0.6) is 5.75 Å². The van der Waals surface area contributed by atoms with E-state index in [0.717, 1.165) is 16.2 Å². The summed E-state index contributed by atoms with van der Waals surface area (Å²) < 4.78 is 5.11. The van der Waals surface area contributed by atoms with Crippen molar-refractivity contribution < 1.29 is 19.1 Å². The molecule has 1 unspecified atom stereocenters. The first-order valence-electron chi connectivity index (χ1n) is 9.24. The molecule has 0 aliphatic carbocycles. The molecule has 0 aromatic heterocycles. The van der Waals surface area contributed by atoms with Crippen LogP contribution in [0.3, 0.4) is 0 Å². The van der Waals surface area contributed by atoms with Crippen molar-refractivity contribution in [2.24, 2.45) is 0 Å². The minimum Gasteiger partial charge on any atom is -0.497 e. The first-order valence-corrected chi connectivity index (χ1v) is 9.99. The monoisotopic (exact) mass is 449 g/mol. The zero-order valence-corrected chi connectivity index (χ0v) is 18.0. The van der Waals surface area contributed by atoms with Gasteiger partial charge in [0.2, 0.25) is 5.91 Å². The third-order valence-electron chi connectivity index (χ3n) is 4.94. The molecule has 7 nitrogen and oxygen atoms in total. The molecule has 1 aliphatic rings. The first-order chi connectivity index (χ1) is 14.2. The number of benzene rings is 2. The number of nitrogens with one attached hydrogen (secondary N) is 2. The van der Waals surface area contributed by atoms with Crippen molar-refractivity contribution in [1.82, 2.24) is 15.5 Å². The number of carbonyl (C=O) groups is 3. The maximum absolute atomic E-state index is 12.9. The predicted octanol–water partition coefficient (Wildman–Crippen LogP) is 3.13. The van der Waals surface area contributed by atoms with Crippen molar-refractivity contribution in [3.05, 3.63) is 63.6 Å². The van der Waals surface area contributed by atoms with Gasteiger partial charge in [0.05, 0.1) is 7.11 Å². The second kappa shape index (κ2) is 8.93. The number of rotatable bonds is 7. The van der Waals surface area contributed by atoms with Crippen LogP contribution in [0.4, 0.5) is 4.79 Å². The van der Waals surface area contributed by atoms with Gasteiger partial charge in [-0.2, -0.15) is 0 Å². The number of imide groups is 1. The topological polar surface area (TPSA) is 87.7 Å². The lowest BCUT2D eigenvalue weighted by Gasteiger charge is -2.23. The van der Waals surface area contributed by atoms with Crippen molar-refractivity contribution in [3.63, 3.8) is 0 Å². The number of hydrogen-bond donors (Lipinski definition) is 2. The minimum absolute atomic E-state index is 0.254. The molecule has 2 N–H and O–H groups in total. The molecule has 0 radical (unpaired) electrons. The fraction of sp³-hybridized carbons (Fsp3) is 0.286. The highest BCUT2D eigenvalue weighted by Crippen LogP contribution is 2.34. The van der Waals surface area contributed by atoms with E-state index in [2.05, 4.69) is 10.6 Å². The van der Waals surface area contributed by atoms with E-state index in [0.29, 0.717) is 23.6 Å². The summed E-state index contributed by atoms with van der Waals surface area (Å²) in [6.45, 7) is 1.53. The lowest BCUT2D eigenvalue weighted by Crippen LogP contribution is -2.43. The lowest BCUT2D eigenvalue weighted by molar-refractivity contribution is -0.134. The average Bonchev–Trinajstić information content (AvgIpc) is 2.92. The van der Waals surface area contributed by atoms with Crippen molar-refractivity contribution in [1.29, 1.82) is 0 Å². The summed E-state index contributed by atoms with van der Waals surface area (Å²) in [6, 6.07) is 11.5. The molecule has 0 saturated carbocycles. The van der Waals surface area contributed by atoms with Crippen LogP contribution in [-0.2, 0) is 21.5 Å². The van der Waals surface area contributed by atoms with Crippen LogP contribution in [0, 0.1) is 0 Å². The number of methoxy groups -OCH3 is 1. The quantitative estimate of drug-likeness (QED) is 0.635. The third-order valence-corrected chi connectivity index (χ3v) is 5.49. The fourth-order valence-electron chi connectivity index (χ4n) is 3.26. The van der Waals surface area contributed by atoms with Crippen LogP contribution < -0.4 is 15.4 Å². The standard InChI is InChI=1S/C21H21Cl2N3O4/c1-21(16-8-5-14(22)11-17(16)23)19(28)26(20(29)25-21)12-18(27)24-10-9-13-3-6-15(30-2)7-4-13/h3-8,11H,9-10,12H2,1-2H3,(H,24,27)(H,25,29). The number of amides is 4. The summed E-state index contributed by atoms with van der Waals surface area (Å²) in [5, 5.41) is 6.02. The van der Waals surface area contributed by atoms with E-state index < -0.39 is 23.4 Å². The van der Waals surface area contributed by atoms with Gasteiger partial charge in [-0.15, -0.1) is 0 Å². The highest BCUT2D eigenvalue weighted by molar-refractivity contribution is 6.35. The summed E-state index contributed by atoms with van der Waals surface area (Å²) >= 11 is 12.1. The van der Waals surface area contributed by atoms with Crippen LogP contribution in [-0.4, -0.2) is 42.9 Å². The van der Waals surface area contributed by atoms with Gasteiger partial charge in [-0.1, -0.05) is 41.4 Å². The number of ether oxygens (including phenoxy) is 1. The normalized spacial score (nSPS) is 18.3. The van der Waals surface area contributed by atoms with E-state index >= 15 is 0 Å². The molecule has 1 atom stereocenters. The van der Waals surface area contributed by atoms with Crippen molar-refractivity contribution in [2.45, 2.75) is 18.9 Å². The zero-order valence-electron chi connectivity index (χ0n) is 16.5. The molecule has 1 heterocycles. The summed E-state index contributed by atoms with van der Waals surface area (Å²) in [7, 11) is 1.59. The Kier molecular flexibility index (Phi) is 6.53. The van der Waals surface area contributed by atoms with Crippen LogP contribution in [0.15, 0.2) is 42.5 Å². The number of carbonyl (C=O) groups excluding carboxylic acids is 3. The molecule has 1 saturated heterocycles. The number of nitrogens with zero attached hydrogens (tertiary/aromatic N) is 1. The number of urea groups is 1. The second-order valence-electron chi connectivity index (χ2n) is 7.02. The average molecular weight is 450 g/mol. The Balaban J connectivity index is 1.60. The molecule has 9 heteroatoms. The summed E-state index contributed by atoms with van der Waals surface area (Å²) in [5.41, 5.74) is 0.0626. The van der Waals surface area contributed by atoms with E-state index in [1.54, 1.807) is 26.2 Å². The van der Waals surface area contributed by atoms with Gasteiger partial charge < -0.3 is 15.4 Å². The van der Waals surface area contributed by atoms with E-state index in [-0.39, 0.29) is 11.6 Å². The Labute approximate surface area is 184 Å². The van der Waals surface area contributed by atoms with Crippen LogP contribution in [0.2, 0.25) is 10.0 Å². The summed E-state index contributed by atoms with van der Waals surface area (Å²) in [5.74, 6) is -0.231. The Morgan fingerprint density at radius 2 is 1.87 bits per heavy atom. The Morgan fingerprint density at radius 3 is 2.50 bits per heavy atom. The number of halogens is 2. The SMILES string of the molecule is COc1ccc(CCNC(=O)CN2C(=O)NC(C)(c3ccc(Cl)cc3Cl)C2=O)cc1. The van der Waals surface area contributed by atoms with Gasteiger partial charge in [0.25, 0.3) is 5.91 Å². The Morgan fingerprint density at radius 1 is 1.17 bits per heavy atom. The molecule has 30 heavy (non-hydrogen) atoms. The second-order valence-corrected chi connectivity index (χ2v) is 7.86. The Bertz CT molecular complexity index is 981. The molecular formula is C21H21Cl2N3O4. The van der Waals surface area contributed by atoms with Crippen molar-refractivity contribution in [3.8, 4) is 5.75 Å². The molecule has 0 bridgehead atoms. The molecular weight excluding hydrogens is 429 g/mol. The van der Waals surface area contributed by atoms with Gasteiger partial charge in [0.1, 0.15) is 17.8 Å². The van der Waals surface area contributed by atoms with E-state index in [9.17, 15) is 14.4 Å². The molecule has 0 spiro atoms. The summed E-state index contributed by atoms with van der Waals surface area (Å²) in [4.78, 5) is 38.5. The molecule has 2 aromatic rings. The fourth-order valence-corrected chi connectivity index (χ4v) is 3.85. The smallest absolute Gasteiger partial charge is 0.325 e. The minimum atomic E-state index is -1.37. The third kappa shape index (κ3) is 4.52. The van der Waals surface area contributed by atoms with E-state index in [1.807, 2.05) is 24.3 Å². The molecule has 1 fully saturated rings. The Hall–Kier alpha value is -2.77. The van der Waals surface area contributed by atoms with E-state index in [4.69, 9.17) is 27.9 Å². The molecule has 2 aromatic carbocycles. The molecule has 1 aliphatic heterocycles. The largest absolute Gasteiger partial charge is 0.497 e. The van der Waals surface area contributed by atoms with Gasteiger partial charge in [-0.3, -0.25) is 14.5 Å². The zero-order chi connectivity index (χ0) is 21.9.